The van der Waals surface area contributed by atoms with Crippen molar-refractivity contribution >= 4 is 40.9 Å². The molecule has 2 rings (SSSR count). The molecule has 180 valence electrons. The van der Waals surface area contributed by atoms with Crippen molar-refractivity contribution < 1.29 is 61.4 Å². The second-order valence-electron chi connectivity index (χ2n) is 5.81. The molecule has 1 fully saturated rings. The van der Waals surface area contributed by atoms with Crippen molar-refractivity contribution in [1.29, 1.82) is 0 Å². The minimum Gasteiger partial charge on any atom is -0.386 e. The Morgan fingerprint density at radius 2 is 1.88 bits per heavy atom. The molecule has 0 radical (unpaired) electrons. The number of nitrogens with two attached hydrogens (primary N) is 1. The highest BCUT2D eigenvalue weighted by Gasteiger charge is 2.57. The fraction of sp³-hybridized carbons (Fsp3) is 0.500. The van der Waals surface area contributed by atoms with Crippen LogP contribution in [0.4, 0.5) is 5.82 Å². The number of nitrogens with zero attached hydrogens (tertiary/aromatic N) is 3. The van der Waals surface area contributed by atoms with Crippen LogP contribution in [0.25, 0.3) is 0 Å². The Kier molecular flexibility index (Phi) is 8.06. The zero-order valence-corrected chi connectivity index (χ0v) is 18.5. The summed E-state index contributed by atoms with van der Waals surface area (Å²) >= 11 is 5.27. The fourth-order valence-corrected chi connectivity index (χ4v) is 5.53. The fourth-order valence-electron chi connectivity index (χ4n) is 2.35. The van der Waals surface area contributed by atoms with Gasteiger partial charge in [0.25, 0.3) is 0 Å². The van der Waals surface area contributed by atoms with Crippen molar-refractivity contribution in [3.63, 3.8) is 0 Å². The third-order valence-corrected chi connectivity index (χ3v) is 7.40. The summed E-state index contributed by atoms with van der Waals surface area (Å²) in [5.41, 5.74) is 1.52. The maximum absolute atomic E-state index is 12.0. The van der Waals surface area contributed by atoms with Crippen molar-refractivity contribution in [2.24, 2.45) is 0 Å². The van der Waals surface area contributed by atoms with Crippen LogP contribution in [0.2, 0.25) is 0 Å². The number of anilines is 1. The molecule has 0 bridgehead atoms. The summed E-state index contributed by atoms with van der Waals surface area (Å²) in [5.74, 6) is 1.69. The van der Waals surface area contributed by atoms with Crippen LogP contribution in [-0.2, 0) is 31.6 Å². The standard InChI is InChI=1S/C10H14ClN4O14P3/c11-2-1-10(18)7(16)5(27-8(10)15-9(17)14-6(12)3-13-15)4-26-31(22,23)29-32(24,25)28-30(19,20)21/h3,5,7-8,16,18H,4H2,(H,22,23)(H,24,25)(H2,12,14,17)(H2,19,20,21)/t5-,7?,8-,10?/m1/s1. The van der Waals surface area contributed by atoms with Gasteiger partial charge in [0.2, 0.25) is 5.60 Å². The van der Waals surface area contributed by atoms with Crippen LogP contribution in [-0.4, -0.2) is 69.0 Å². The molecule has 1 aromatic heterocycles. The predicted octanol–water partition coefficient (Wildman–Crippen LogP) is -2.25. The van der Waals surface area contributed by atoms with Crippen LogP contribution in [0.15, 0.2) is 11.0 Å². The molecular weight excluding hydrogens is 528 g/mol. The van der Waals surface area contributed by atoms with Gasteiger partial charge in [-0.3, -0.25) is 4.52 Å². The smallest absolute Gasteiger partial charge is 0.386 e. The first-order chi connectivity index (χ1) is 14.5. The van der Waals surface area contributed by atoms with Gasteiger partial charge in [-0.1, -0.05) is 0 Å². The molecule has 1 saturated heterocycles. The van der Waals surface area contributed by atoms with Crippen molar-refractivity contribution in [3.8, 4) is 11.3 Å². The number of hydrogen-bond acceptors (Lipinski definition) is 13. The van der Waals surface area contributed by atoms with Gasteiger partial charge < -0.3 is 40.3 Å². The highest BCUT2D eigenvalue weighted by molar-refractivity contribution is 7.66. The topological polar surface area (TPSA) is 283 Å². The molecule has 1 aliphatic rings. The highest BCUT2D eigenvalue weighted by Crippen LogP contribution is 2.66. The Morgan fingerprint density at radius 3 is 2.41 bits per heavy atom. The highest BCUT2D eigenvalue weighted by atomic mass is 35.5. The van der Waals surface area contributed by atoms with Crippen LogP contribution < -0.4 is 11.4 Å². The Labute approximate surface area is 181 Å². The Hall–Kier alpha value is -1.25. The van der Waals surface area contributed by atoms with E-state index in [4.69, 9.17) is 36.8 Å². The number of aromatic nitrogens is 3. The summed E-state index contributed by atoms with van der Waals surface area (Å²) in [6.07, 6.45) is -4.85. The normalized spacial score (nSPS) is 29.5. The molecule has 2 heterocycles. The number of ether oxygens (including phenoxy) is 1. The maximum atomic E-state index is 12.0. The van der Waals surface area contributed by atoms with Crippen LogP contribution in [0.5, 0.6) is 0 Å². The molecule has 6 atom stereocenters. The molecule has 18 nitrogen and oxygen atoms in total. The molecule has 0 spiro atoms. The molecule has 0 aliphatic carbocycles. The van der Waals surface area contributed by atoms with E-state index in [-0.39, 0.29) is 5.82 Å². The van der Waals surface area contributed by atoms with E-state index >= 15 is 0 Å². The molecule has 0 aromatic carbocycles. The third kappa shape index (κ3) is 6.64. The third-order valence-electron chi connectivity index (χ3n) is 3.51. The van der Waals surface area contributed by atoms with Gasteiger partial charge in [0.05, 0.1) is 12.8 Å². The molecule has 1 aliphatic heterocycles. The van der Waals surface area contributed by atoms with E-state index in [9.17, 15) is 33.6 Å². The summed E-state index contributed by atoms with van der Waals surface area (Å²) < 4.78 is 50.8. The number of aliphatic hydroxyl groups is 2. The van der Waals surface area contributed by atoms with Crippen LogP contribution in [0.1, 0.15) is 6.23 Å². The van der Waals surface area contributed by atoms with Crippen LogP contribution in [0, 0.1) is 11.3 Å². The molecule has 0 saturated carbocycles. The largest absolute Gasteiger partial charge is 0.490 e. The lowest BCUT2D eigenvalue weighted by Gasteiger charge is -2.25. The lowest BCUT2D eigenvalue weighted by Crippen LogP contribution is -2.48. The van der Waals surface area contributed by atoms with E-state index in [0.29, 0.717) is 4.68 Å². The summed E-state index contributed by atoms with van der Waals surface area (Å²) in [6.45, 7) is -1.16. The van der Waals surface area contributed by atoms with Crippen molar-refractivity contribution in [3.05, 3.63) is 16.7 Å². The molecule has 32 heavy (non-hydrogen) atoms. The molecule has 1 aromatic rings. The zero-order valence-electron chi connectivity index (χ0n) is 15.1. The van der Waals surface area contributed by atoms with Gasteiger partial charge in [-0.15, -0.1) is 0 Å². The summed E-state index contributed by atoms with van der Waals surface area (Å²) in [5, 5.41) is 26.4. The van der Waals surface area contributed by atoms with Crippen molar-refractivity contribution in [2.45, 2.75) is 24.0 Å². The van der Waals surface area contributed by atoms with Gasteiger partial charge in [-0.05, 0) is 17.5 Å². The van der Waals surface area contributed by atoms with E-state index < -0.39 is 59.8 Å². The van der Waals surface area contributed by atoms with Gasteiger partial charge >= 0.3 is 29.2 Å². The summed E-state index contributed by atoms with van der Waals surface area (Å²) in [6, 6.07) is 0. The molecule has 4 unspecified atom stereocenters. The Bertz CT molecular complexity index is 1130. The average Bonchev–Trinajstić information content (AvgIpc) is 2.82. The van der Waals surface area contributed by atoms with E-state index in [2.05, 4.69) is 23.2 Å². The maximum Gasteiger partial charge on any atom is 0.490 e. The van der Waals surface area contributed by atoms with E-state index in [1.807, 2.05) is 5.92 Å². The number of nitrogen functional groups attached to an aromatic ring is 1. The second kappa shape index (κ2) is 9.55. The van der Waals surface area contributed by atoms with E-state index in [1.165, 1.54) is 0 Å². The van der Waals surface area contributed by atoms with Gasteiger partial charge in [0, 0.05) is 5.38 Å². The average molecular weight is 543 g/mol. The first-order valence-corrected chi connectivity index (χ1v) is 12.6. The summed E-state index contributed by atoms with van der Waals surface area (Å²) in [7, 11) is -17.0. The number of halogens is 1. The van der Waals surface area contributed by atoms with Crippen molar-refractivity contribution in [1.82, 2.24) is 14.8 Å². The lowest BCUT2D eigenvalue weighted by molar-refractivity contribution is -0.0832. The first kappa shape index (κ1) is 27.0. The SMILES string of the molecule is Nc1cnn([C@@H]2O[C@H](COP(=O)(O)OP(=O)(O)OP(=O)(O)O)C(O)C2(O)C#CCl)c(=O)n1. The molecular formula is C10H14ClN4O14P3. The second-order valence-corrected chi connectivity index (χ2v) is 10.4. The number of hydrogen-bond donors (Lipinski definition) is 7. The van der Waals surface area contributed by atoms with Gasteiger partial charge in [-0.2, -0.15) is 23.4 Å². The molecule has 0 amide bonds. The number of rotatable bonds is 8. The molecule has 22 heteroatoms. The molecule has 8 N–H and O–H groups in total. The lowest BCUT2D eigenvalue weighted by atomic mass is 9.95. The van der Waals surface area contributed by atoms with E-state index in [0.717, 1.165) is 6.20 Å². The minimum absolute atomic E-state index is 0.291. The van der Waals surface area contributed by atoms with Gasteiger partial charge in [0.1, 0.15) is 18.0 Å². The van der Waals surface area contributed by atoms with Gasteiger partial charge in [-0.25, -0.2) is 18.5 Å². The number of phosphoric ester groups is 1. The minimum atomic E-state index is -5.79. The zero-order chi connectivity index (χ0) is 24.5. The van der Waals surface area contributed by atoms with E-state index in [1.54, 1.807) is 5.38 Å². The number of phosphoric acid groups is 3. The van der Waals surface area contributed by atoms with Crippen LogP contribution >= 0.6 is 35.1 Å². The van der Waals surface area contributed by atoms with Crippen molar-refractivity contribution in [2.75, 3.05) is 12.3 Å². The first-order valence-electron chi connectivity index (χ1n) is 7.68. The Morgan fingerprint density at radius 1 is 1.25 bits per heavy atom. The summed E-state index contributed by atoms with van der Waals surface area (Å²) in [4.78, 5) is 50.9. The monoisotopic (exact) mass is 542 g/mol. The van der Waals surface area contributed by atoms with Gasteiger partial charge in [0.15, 0.2) is 6.23 Å². The predicted molar refractivity (Wildman–Crippen MR) is 99.0 cm³/mol. The van der Waals surface area contributed by atoms with Crippen LogP contribution in [0.3, 0.4) is 0 Å². The number of aliphatic hydroxyl groups excluding tert-OH is 1. The quantitative estimate of drug-likeness (QED) is 0.135. The Balaban J connectivity index is 2.23.